The largest absolute Gasteiger partial charge is 0.0776 e. The summed E-state index contributed by atoms with van der Waals surface area (Å²) >= 11 is 0. The topological polar surface area (TPSA) is 0 Å². The average molecular weight is 184 g/mol. The molecule has 0 nitrogen and oxygen atoms in total. The zero-order valence-electron chi connectivity index (χ0n) is 8.06. The Morgan fingerprint density at radius 3 is 1.77 bits per heavy atom. The van der Waals surface area contributed by atoms with Gasteiger partial charge in [0.05, 0.1) is 0 Å². The van der Waals surface area contributed by atoms with Gasteiger partial charge < -0.3 is 0 Å². The molecule has 0 heteroatoms. The first-order valence-corrected chi connectivity index (χ1v) is 5.07. The Kier molecular flexibility index (Phi) is 4.02. The summed E-state index contributed by atoms with van der Waals surface area (Å²) in [6, 6.07) is 0. The van der Waals surface area contributed by atoms with Gasteiger partial charge in [-0.25, -0.2) is 0 Å². The summed E-state index contributed by atoms with van der Waals surface area (Å²) in [5.41, 5.74) is 0.583. The summed E-state index contributed by atoms with van der Waals surface area (Å²) in [5, 5.41) is 0. The van der Waals surface area contributed by atoms with E-state index in [1.54, 1.807) is 6.42 Å². The standard InChI is InChI=1S/C11H20.2CH4/c1-11(2,3)10-7-8-4-5-9(10)6-8;;/h8-10H,4-7H2,1-3H3;2*1H4. The molecule has 0 aromatic heterocycles. The zero-order valence-corrected chi connectivity index (χ0v) is 8.06. The van der Waals surface area contributed by atoms with Crippen LogP contribution in [-0.4, -0.2) is 0 Å². The fourth-order valence-electron chi connectivity index (χ4n) is 3.31. The third-order valence-electron chi connectivity index (χ3n) is 3.85. The Labute approximate surface area is 85.1 Å². The second kappa shape index (κ2) is 4.02. The fourth-order valence-corrected chi connectivity index (χ4v) is 3.31. The van der Waals surface area contributed by atoms with Gasteiger partial charge in [0.15, 0.2) is 0 Å². The van der Waals surface area contributed by atoms with E-state index >= 15 is 0 Å². The molecule has 80 valence electrons. The minimum atomic E-state index is 0. The minimum Gasteiger partial charge on any atom is -0.0776 e. The van der Waals surface area contributed by atoms with Crippen LogP contribution in [0.25, 0.3) is 0 Å². The van der Waals surface area contributed by atoms with Crippen LogP contribution < -0.4 is 0 Å². The van der Waals surface area contributed by atoms with E-state index in [1.165, 1.54) is 19.3 Å². The van der Waals surface area contributed by atoms with Gasteiger partial charge in [0.25, 0.3) is 0 Å². The summed E-state index contributed by atoms with van der Waals surface area (Å²) in [6.45, 7) is 7.25. The molecule has 0 saturated heterocycles. The molecular weight excluding hydrogens is 156 g/mol. The van der Waals surface area contributed by atoms with E-state index in [0.717, 1.165) is 17.8 Å². The van der Waals surface area contributed by atoms with Crippen molar-refractivity contribution in [1.82, 2.24) is 0 Å². The third kappa shape index (κ3) is 2.27. The average Bonchev–Trinajstić information content (AvgIpc) is 2.42. The molecule has 13 heavy (non-hydrogen) atoms. The monoisotopic (exact) mass is 184 g/mol. The SMILES string of the molecule is C.C.CC(C)(C)C1CC2CCC1C2. The second-order valence-corrected chi connectivity index (χ2v) is 5.65. The van der Waals surface area contributed by atoms with E-state index in [4.69, 9.17) is 0 Å². The van der Waals surface area contributed by atoms with E-state index < -0.39 is 0 Å². The van der Waals surface area contributed by atoms with Crippen LogP contribution in [0.5, 0.6) is 0 Å². The molecule has 0 heterocycles. The van der Waals surface area contributed by atoms with Crippen LogP contribution in [0.1, 0.15) is 61.3 Å². The molecular formula is C13H28. The van der Waals surface area contributed by atoms with Gasteiger partial charge in [0.2, 0.25) is 0 Å². The van der Waals surface area contributed by atoms with Gasteiger partial charge in [-0.1, -0.05) is 42.0 Å². The number of hydrogen-bond acceptors (Lipinski definition) is 0. The highest BCUT2D eigenvalue weighted by molar-refractivity contribution is 4.94. The first kappa shape index (κ1) is 13.0. The van der Waals surface area contributed by atoms with Gasteiger partial charge in [0, 0.05) is 0 Å². The number of fused-ring (bicyclic) bond motifs is 2. The Hall–Kier alpha value is 0. The molecule has 0 aromatic rings. The maximum absolute atomic E-state index is 2.42. The summed E-state index contributed by atoms with van der Waals surface area (Å²) in [4.78, 5) is 0. The molecule has 0 radical (unpaired) electrons. The van der Waals surface area contributed by atoms with E-state index in [2.05, 4.69) is 20.8 Å². The van der Waals surface area contributed by atoms with Crippen LogP contribution in [0.3, 0.4) is 0 Å². The molecule has 2 rings (SSSR count). The second-order valence-electron chi connectivity index (χ2n) is 5.65. The molecule has 0 aliphatic heterocycles. The number of rotatable bonds is 0. The van der Waals surface area contributed by atoms with Gasteiger partial charge in [-0.05, 0) is 42.4 Å². The first-order chi connectivity index (χ1) is 5.07. The lowest BCUT2D eigenvalue weighted by molar-refractivity contribution is 0.161. The van der Waals surface area contributed by atoms with Crippen molar-refractivity contribution in [1.29, 1.82) is 0 Å². The lowest BCUT2D eigenvalue weighted by Crippen LogP contribution is -2.25. The molecule has 2 bridgehead atoms. The lowest BCUT2D eigenvalue weighted by Gasteiger charge is -2.34. The van der Waals surface area contributed by atoms with E-state index in [0.29, 0.717) is 5.41 Å². The van der Waals surface area contributed by atoms with E-state index in [1.807, 2.05) is 0 Å². The minimum absolute atomic E-state index is 0. The predicted octanol–water partition coefficient (Wildman–Crippen LogP) is 4.74. The summed E-state index contributed by atoms with van der Waals surface area (Å²) in [5.74, 6) is 3.26. The van der Waals surface area contributed by atoms with Gasteiger partial charge in [0.1, 0.15) is 0 Å². The Morgan fingerprint density at radius 2 is 1.54 bits per heavy atom. The van der Waals surface area contributed by atoms with Crippen molar-refractivity contribution in [3.8, 4) is 0 Å². The highest BCUT2D eigenvalue weighted by Gasteiger charge is 2.44. The smallest absolute Gasteiger partial charge is 0.0334 e. The maximum Gasteiger partial charge on any atom is -0.0334 e. The zero-order chi connectivity index (χ0) is 8.06. The Morgan fingerprint density at radius 1 is 0.923 bits per heavy atom. The van der Waals surface area contributed by atoms with Crippen LogP contribution in [0.15, 0.2) is 0 Å². The molecule has 0 N–H and O–H groups in total. The van der Waals surface area contributed by atoms with Gasteiger partial charge in [-0.2, -0.15) is 0 Å². The van der Waals surface area contributed by atoms with E-state index in [-0.39, 0.29) is 14.9 Å². The molecule has 0 aromatic carbocycles. The van der Waals surface area contributed by atoms with Crippen molar-refractivity contribution in [3.63, 3.8) is 0 Å². The van der Waals surface area contributed by atoms with Gasteiger partial charge in [-0.15, -0.1) is 0 Å². The molecule has 3 unspecified atom stereocenters. The molecule has 0 spiro atoms. The van der Waals surface area contributed by atoms with Crippen molar-refractivity contribution in [2.45, 2.75) is 61.3 Å². The molecule has 2 aliphatic rings. The molecule has 3 atom stereocenters. The first-order valence-electron chi connectivity index (χ1n) is 5.07. The highest BCUT2D eigenvalue weighted by atomic mass is 14.5. The lowest BCUT2D eigenvalue weighted by atomic mass is 9.72. The van der Waals surface area contributed by atoms with Crippen molar-refractivity contribution in [2.24, 2.45) is 23.2 Å². The van der Waals surface area contributed by atoms with Crippen LogP contribution >= 0.6 is 0 Å². The van der Waals surface area contributed by atoms with Crippen molar-refractivity contribution in [2.75, 3.05) is 0 Å². The molecule has 2 fully saturated rings. The van der Waals surface area contributed by atoms with Crippen molar-refractivity contribution in [3.05, 3.63) is 0 Å². The molecule has 2 saturated carbocycles. The fraction of sp³-hybridized carbons (Fsp3) is 1.00. The predicted molar refractivity (Wildman–Crippen MR) is 61.9 cm³/mol. The third-order valence-corrected chi connectivity index (χ3v) is 3.85. The van der Waals surface area contributed by atoms with Gasteiger partial charge >= 0.3 is 0 Å². The van der Waals surface area contributed by atoms with Gasteiger partial charge in [-0.3, -0.25) is 0 Å². The Bertz CT molecular complexity index is 152. The highest BCUT2D eigenvalue weighted by Crippen LogP contribution is 2.54. The van der Waals surface area contributed by atoms with E-state index in [9.17, 15) is 0 Å². The van der Waals surface area contributed by atoms with Crippen LogP contribution in [0.2, 0.25) is 0 Å². The summed E-state index contributed by atoms with van der Waals surface area (Å²) in [7, 11) is 0. The summed E-state index contributed by atoms with van der Waals surface area (Å²) in [6.07, 6.45) is 6.17. The van der Waals surface area contributed by atoms with Crippen LogP contribution in [0.4, 0.5) is 0 Å². The van der Waals surface area contributed by atoms with Crippen molar-refractivity contribution < 1.29 is 0 Å². The number of hydrogen-bond donors (Lipinski definition) is 0. The van der Waals surface area contributed by atoms with Crippen molar-refractivity contribution >= 4 is 0 Å². The Balaban J connectivity index is 0.000000720. The maximum atomic E-state index is 2.42. The van der Waals surface area contributed by atoms with Crippen LogP contribution in [0, 0.1) is 23.2 Å². The summed E-state index contributed by atoms with van der Waals surface area (Å²) < 4.78 is 0. The quantitative estimate of drug-likeness (QED) is 0.510. The van der Waals surface area contributed by atoms with Crippen LogP contribution in [-0.2, 0) is 0 Å². The molecule has 0 amide bonds. The molecule has 2 aliphatic carbocycles. The normalized spacial score (nSPS) is 36.7.